The third kappa shape index (κ3) is 2.86. The minimum absolute atomic E-state index is 0.0883. The molecular weight excluding hydrogens is 244 g/mol. The van der Waals surface area contributed by atoms with E-state index in [0.717, 1.165) is 15.8 Å². The topological polar surface area (TPSA) is 63.8 Å². The second-order valence-electron chi connectivity index (χ2n) is 5.13. The molecule has 1 aromatic heterocycles. The molecule has 0 atom stereocenters. The highest BCUT2D eigenvalue weighted by Gasteiger charge is 2.18. The number of nitrogens with zero attached hydrogens (tertiary/aromatic N) is 2. The molecule has 2 aromatic rings. The van der Waals surface area contributed by atoms with Crippen molar-refractivity contribution in [2.45, 2.75) is 32.7 Å². The van der Waals surface area contributed by atoms with Gasteiger partial charge in [-0.25, -0.2) is 0 Å². The molecule has 0 aliphatic rings. The third-order valence-corrected chi connectivity index (χ3v) is 3.48. The van der Waals surface area contributed by atoms with E-state index in [1.807, 2.05) is 6.07 Å². The van der Waals surface area contributed by atoms with Crippen molar-refractivity contribution in [1.82, 2.24) is 10.2 Å². The number of nitrogens with one attached hydrogen (secondary N) is 1. The van der Waals surface area contributed by atoms with E-state index in [1.54, 1.807) is 0 Å². The summed E-state index contributed by atoms with van der Waals surface area (Å²) in [5, 5.41) is 13.0. The molecule has 0 saturated heterocycles. The van der Waals surface area contributed by atoms with Gasteiger partial charge in [0.15, 0.2) is 0 Å². The molecule has 5 heteroatoms. The first-order valence-electron chi connectivity index (χ1n) is 5.89. The third-order valence-electron chi connectivity index (χ3n) is 2.62. The van der Waals surface area contributed by atoms with E-state index in [-0.39, 0.29) is 5.41 Å². The van der Waals surface area contributed by atoms with Crippen LogP contribution in [0.25, 0.3) is 0 Å². The molecule has 0 bridgehead atoms. The predicted octanol–water partition coefficient (Wildman–Crippen LogP) is 3.04. The fourth-order valence-corrected chi connectivity index (χ4v) is 2.38. The van der Waals surface area contributed by atoms with Gasteiger partial charge in [-0.15, -0.1) is 10.2 Å². The second kappa shape index (κ2) is 5.04. The van der Waals surface area contributed by atoms with Crippen molar-refractivity contribution >= 4 is 22.2 Å². The smallest absolute Gasteiger partial charge is 0.210 e. The summed E-state index contributed by atoms with van der Waals surface area (Å²) in [6, 6.07) is 8.26. The number of rotatable bonds is 3. The zero-order valence-electron chi connectivity index (χ0n) is 10.9. The largest absolute Gasteiger partial charge is 0.330 e. The van der Waals surface area contributed by atoms with Crippen LogP contribution in [0.15, 0.2) is 24.3 Å². The van der Waals surface area contributed by atoms with Gasteiger partial charge in [-0.05, 0) is 17.0 Å². The van der Waals surface area contributed by atoms with Crippen molar-refractivity contribution in [2.24, 2.45) is 5.73 Å². The monoisotopic (exact) mass is 262 g/mol. The van der Waals surface area contributed by atoms with Gasteiger partial charge in [0, 0.05) is 12.2 Å². The Hall–Kier alpha value is -1.46. The Bertz CT molecular complexity index is 528. The quantitative estimate of drug-likeness (QED) is 0.892. The minimum atomic E-state index is 0.0883. The average Bonchev–Trinajstić information content (AvgIpc) is 2.76. The zero-order chi connectivity index (χ0) is 13.2. The minimum Gasteiger partial charge on any atom is -0.330 e. The number of hydrogen-bond donors (Lipinski definition) is 2. The molecular formula is C13H18N4S. The molecule has 18 heavy (non-hydrogen) atoms. The number of anilines is 2. The molecule has 0 spiro atoms. The Kier molecular flexibility index (Phi) is 3.63. The zero-order valence-corrected chi connectivity index (χ0v) is 11.7. The Morgan fingerprint density at radius 1 is 1.22 bits per heavy atom. The predicted molar refractivity (Wildman–Crippen MR) is 76.2 cm³/mol. The molecule has 2 rings (SSSR count). The fraction of sp³-hybridized carbons (Fsp3) is 0.385. The van der Waals surface area contributed by atoms with Crippen molar-refractivity contribution in [2.75, 3.05) is 5.32 Å². The molecule has 0 amide bonds. The molecule has 0 aliphatic carbocycles. The standard InChI is InChI=1S/C13H18N4S/c1-13(2,3)9-6-4-5-7-10(9)15-12-17-16-11(8-14)18-12/h4-7H,8,14H2,1-3H3,(H,15,17). The summed E-state index contributed by atoms with van der Waals surface area (Å²) >= 11 is 1.49. The molecule has 4 nitrogen and oxygen atoms in total. The van der Waals surface area contributed by atoms with Crippen LogP contribution in [0.1, 0.15) is 31.3 Å². The van der Waals surface area contributed by atoms with E-state index in [1.165, 1.54) is 16.9 Å². The van der Waals surface area contributed by atoms with Gasteiger partial charge in [0.1, 0.15) is 5.01 Å². The molecule has 0 saturated carbocycles. The highest BCUT2D eigenvalue weighted by atomic mass is 32.1. The number of nitrogens with two attached hydrogens (primary N) is 1. The van der Waals surface area contributed by atoms with Gasteiger partial charge in [0.05, 0.1) is 0 Å². The van der Waals surface area contributed by atoms with Crippen LogP contribution in [0.3, 0.4) is 0 Å². The SMILES string of the molecule is CC(C)(C)c1ccccc1Nc1nnc(CN)s1. The van der Waals surface area contributed by atoms with Crippen molar-refractivity contribution in [1.29, 1.82) is 0 Å². The van der Waals surface area contributed by atoms with Crippen molar-refractivity contribution < 1.29 is 0 Å². The lowest BCUT2D eigenvalue weighted by molar-refractivity contribution is 0.592. The van der Waals surface area contributed by atoms with Crippen LogP contribution >= 0.6 is 11.3 Å². The number of hydrogen-bond acceptors (Lipinski definition) is 5. The lowest BCUT2D eigenvalue weighted by Crippen LogP contribution is -2.13. The fourth-order valence-electron chi connectivity index (χ4n) is 1.75. The van der Waals surface area contributed by atoms with E-state index >= 15 is 0 Å². The van der Waals surface area contributed by atoms with Gasteiger partial charge >= 0.3 is 0 Å². The van der Waals surface area contributed by atoms with E-state index in [9.17, 15) is 0 Å². The summed E-state index contributed by atoms with van der Waals surface area (Å²) in [5.74, 6) is 0. The summed E-state index contributed by atoms with van der Waals surface area (Å²) < 4.78 is 0. The Morgan fingerprint density at radius 3 is 2.56 bits per heavy atom. The maximum atomic E-state index is 5.54. The summed E-state index contributed by atoms with van der Waals surface area (Å²) in [7, 11) is 0. The van der Waals surface area contributed by atoms with E-state index in [2.05, 4.69) is 54.5 Å². The molecule has 3 N–H and O–H groups in total. The first-order chi connectivity index (χ1) is 8.50. The molecule has 1 heterocycles. The molecule has 1 aromatic carbocycles. The van der Waals surface area contributed by atoms with Crippen LogP contribution in [-0.4, -0.2) is 10.2 Å². The van der Waals surface area contributed by atoms with E-state index < -0.39 is 0 Å². The highest BCUT2D eigenvalue weighted by Crippen LogP contribution is 2.31. The summed E-state index contributed by atoms with van der Waals surface area (Å²) in [6.45, 7) is 7.01. The lowest BCUT2D eigenvalue weighted by atomic mass is 9.86. The average molecular weight is 262 g/mol. The number of benzene rings is 1. The Labute approximate surface area is 111 Å². The molecule has 0 radical (unpaired) electrons. The van der Waals surface area contributed by atoms with Crippen molar-refractivity contribution in [3.8, 4) is 0 Å². The van der Waals surface area contributed by atoms with Gasteiger partial charge in [0.2, 0.25) is 5.13 Å². The highest BCUT2D eigenvalue weighted by molar-refractivity contribution is 7.15. The van der Waals surface area contributed by atoms with Crippen LogP contribution in [0.4, 0.5) is 10.8 Å². The normalized spacial score (nSPS) is 11.6. The van der Waals surface area contributed by atoms with Crippen LogP contribution in [0.5, 0.6) is 0 Å². The van der Waals surface area contributed by atoms with Gasteiger partial charge < -0.3 is 11.1 Å². The molecule has 0 unspecified atom stereocenters. The summed E-state index contributed by atoms with van der Waals surface area (Å²) in [4.78, 5) is 0. The van der Waals surface area contributed by atoms with E-state index in [4.69, 9.17) is 5.73 Å². The van der Waals surface area contributed by atoms with Crippen LogP contribution in [0.2, 0.25) is 0 Å². The van der Waals surface area contributed by atoms with Crippen LogP contribution in [-0.2, 0) is 12.0 Å². The lowest BCUT2D eigenvalue weighted by Gasteiger charge is -2.22. The second-order valence-corrected chi connectivity index (χ2v) is 6.19. The van der Waals surface area contributed by atoms with Gasteiger partial charge in [-0.1, -0.05) is 50.3 Å². The van der Waals surface area contributed by atoms with E-state index in [0.29, 0.717) is 6.54 Å². The van der Waals surface area contributed by atoms with Gasteiger partial charge in [-0.2, -0.15) is 0 Å². The van der Waals surface area contributed by atoms with Crippen LogP contribution < -0.4 is 11.1 Å². The summed E-state index contributed by atoms with van der Waals surface area (Å²) in [5.41, 5.74) is 7.96. The molecule has 0 fully saturated rings. The maximum absolute atomic E-state index is 5.54. The van der Waals surface area contributed by atoms with Gasteiger partial charge in [-0.3, -0.25) is 0 Å². The van der Waals surface area contributed by atoms with Crippen molar-refractivity contribution in [3.63, 3.8) is 0 Å². The first kappa shape index (κ1) is 13.0. The van der Waals surface area contributed by atoms with Gasteiger partial charge in [0.25, 0.3) is 0 Å². The maximum Gasteiger partial charge on any atom is 0.210 e. The number of aromatic nitrogens is 2. The molecule has 96 valence electrons. The Morgan fingerprint density at radius 2 is 1.94 bits per heavy atom. The van der Waals surface area contributed by atoms with Crippen LogP contribution in [0, 0.1) is 0 Å². The molecule has 0 aliphatic heterocycles. The summed E-state index contributed by atoms with van der Waals surface area (Å²) in [6.07, 6.45) is 0. The first-order valence-corrected chi connectivity index (χ1v) is 6.71. The Balaban J connectivity index is 2.29. The van der Waals surface area contributed by atoms with Crippen molar-refractivity contribution in [3.05, 3.63) is 34.8 Å². The number of para-hydroxylation sites is 1.